The second kappa shape index (κ2) is 10.5. The summed E-state index contributed by atoms with van der Waals surface area (Å²) in [6.45, 7) is 7.03. The van der Waals surface area contributed by atoms with Crippen molar-refractivity contribution in [3.63, 3.8) is 0 Å². The van der Waals surface area contributed by atoms with E-state index in [-0.39, 0.29) is 17.8 Å². The second-order valence-electron chi connectivity index (χ2n) is 7.58. The van der Waals surface area contributed by atoms with E-state index in [1.165, 1.54) is 12.1 Å². The third-order valence-electron chi connectivity index (χ3n) is 5.25. The zero-order valence-corrected chi connectivity index (χ0v) is 17.4. The molecule has 8 heteroatoms. The highest BCUT2D eigenvalue weighted by Crippen LogP contribution is 2.19. The third-order valence-corrected chi connectivity index (χ3v) is 5.25. The average Bonchev–Trinajstić information content (AvgIpc) is 3.53. The predicted molar refractivity (Wildman–Crippen MR) is 111 cm³/mol. The zero-order valence-electron chi connectivity index (χ0n) is 17.4. The lowest BCUT2D eigenvalue weighted by Gasteiger charge is -2.36. The van der Waals surface area contributed by atoms with Gasteiger partial charge in [0.2, 0.25) is 5.91 Å². The zero-order chi connectivity index (χ0) is 20.6. The molecule has 1 aromatic carbocycles. The second-order valence-corrected chi connectivity index (χ2v) is 7.58. The van der Waals surface area contributed by atoms with Gasteiger partial charge in [0.15, 0.2) is 5.96 Å². The fourth-order valence-corrected chi connectivity index (χ4v) is 3.41. The Morgan fingerprint density at radius 1 is 1.24 bits per heavy atom. The lowest BCUT2D eigenvalue weighted by atomic mass is 10.1. The van der Waals surface area contributed by atoms with E-state index in [0.29, 0.717) is 19.1 Å². The summed E-state index contributed by atoms with van der Waals surface area (Å²) in [5.41, 5.74) is 0.903. The molecule has 0 aromatic heterocycles. The van der Waals surface area contributed by atoms with E-state index in [0.717, 1.165) is 57.1 Å². The molecule has 3 rings (SSSR count). The van der Waals surface area contributed by atoms with Gasteiger partial charge in [0.05, 0.1) is 13.1 Å². The molecule has 1 aromatic rings. The van der Waals surface area contributed by atoms with Crippen LogP contribution in [0.5, 0.6) is 0 Å². The molecule has 0 spiro atoms. The number of guanidine groups is 1. The van der Waals surface area contributed by atoms with Crippen molar-refractivity contribution in [3.05, 3.63) is 35.6 Å². The molecule has 1 heterocycles. The van der Waals surface area contributed by atoms with Crippen molar-refractivity contribution < 1.29 is 13.9 Å². The van der Waals surface area contributed by atoms with Crippen molar-refractivity contribution in [2.24, 2.45) is 4.99 Å². The number of nitrogens with one attached hydrogen (secondary N) is 2. The van der Waals surface area contributed by atoms with Gasteiger partial charge >= 0.3 is 0 Å². The number of piperazine rings is 1. The van der Waals surface area contributed by atoms with Gasteiger partial charge in [-0.1, -0.05) is 12.1 Å². The molecule has 1 atom stereocenters. The van der Waals surface area contributed by atoms with Crippen LogP contribution < -0.4 is 10.6 Å². The van der Waals surface area contributed by atoms with Crippen molar-refractivity contribution in [1.29, 1.82) is 0 Å². The molecule has 7 nitrogen and oxygen atoms in total. The highest BCUT2D eigenvalue weighted by molar-refractivity contribution is 5.80. The van der Waals surface area contributed by atoms with Gasteiger partial charge in [-0.3, -0.25) is 14.7 Å². The number of hydrogen-bond acceptors (Lipinski definition) is 4. The van der Waals surface area contributed by atoms with Gasteiger partial charge < -0.3 is 20.3 Å². The number of methoxy groups -OCH3 is 1. The molecule has 2 fully saturated rings. The molecule has 0 bridgehead atoms. The number of carbonyl (C=O) groups excluding carboxylic acids is 1. The maximum Gasteiger partial charge on any atom is 0.234 e. The van der Waals surface area contributed by atoms with Crippen molar-refractivity contribution in [2.45, 2.75) is 31.9 Å². The minimum atomic E-state index is -0.260. The van der Waals surface area contributed by atoms with Crippen molar-refractivity contribution in [1.82, 2.24) is 20.4 Å². The van der Waals surface area contributed by atoms with Crippen LogP contribution in [0, 0.1) is 5.82 Å². The SMILES string of the molecule is CCNC(=NCC(OC)c1ccc(F)cc1)N1CCN(CC(=O)NC2CC2)CC1. The molecule has 160 valence electrons. The van der Waals surface area contributed by atoms with Crippen LogP contribution in [0.4, 0.5) is 4.39 Å². The Labute approximate surface area is 172 Å². The van der Waals surface area contributed by atoms with E-state index in [1.54, 1.807) is 19.2 Å². The van der Waals surface area contributed by atoms with Crippen molar-refractivity contribution in [2.75, 3.05) is 52.9 Å². The number of benzene rings is 1. The largest absolute Gasteiger partial charge is 0.375 e. The van der Waals surface area contributed by atoms with Crippen LogP contribution in [0.2, 0.25) is 0 Å². The Kier molecular flexibility index (Phi) is 7.83. The van der Waals surface area contributed by atoms with Crippen LogP contribution in [0.3, 0.4) is 0 Å². The standard InChI is InChI=1S/C21H32FN5O2/c1-3-23-21(24-14-19(29-2)16-4-6-17(22)7-5-16)27-12-10-26(11-13-27)15-20(28)25-18-8-9-18/h4-7,18-19H,3,8-15H2,1-2H3,(H,23,24)(H,25,28). The first kappa shape index (κ1) is 21.5. The maximum absolute atomic E-state index is 13.2. The summed E-state index contributed by atoms with van der Waals surface area (Å²) in [5.74, 6) is 0.714. The molecule has 29 heavy (non-hydrogen) atoms. The van der Waals surface area contributed by atoms with Crippen molar-refractivity contribution >= 4 is 11.9 Å². The summed E-state index contributed by atoms with van der Waals surface area (Å²) in [6.07, 6.45) is 2.00. The summed E-state index contributed by atoms with van der Waals surface area (Å²) >= 11 is 0. The minimum Gasteiger partial charge on any atom is -0.375 e. The number of rotatable bonds is 8. The first-order valence-electron chi connectivity index (χ1n) is 10.4. The highest BCUT2D eigenvalue weighted by atomic mass is 19.1. The van der Waals surface area contributed by atoms with Crippen LogP contribution >= 0.6 is 0 Å². The quantitative estimate of drug-likeness (QED) is 0.505. The molecular weight excluding hydrogens is 373 g/mol. The summed E-state index contributed by atoms with van der Waals surface area (Å²) in [5, 5.41) is 6.39. The molecule has 0 radical (unpaired) electrons. The number of aliphatic imine (C=N–C) groups is 1. The summed E-state index contributed by atoms with van der Waals surface area (Å²) < 4.78 is 18.7. The van der Waals surface area contributed by atoms with Crippen molar-refractivity contribution in [3.8, 4) is 0 Å². The van der Waals surface area contributed by atoms with Crippen LogP contribution in [-0.4, -0.2) is 80.6 Å². The normalized spacial score (nSPS) is 19.1. The molecule has 1 aliphatic carbocycles. The van der Waals surface area contributed by atoms with E-state index < -0.39 is 0 Å². The fourth-order valence-electron chi connectivity index (χ4n) is 3.41. The smallest absolute Gasteiger partial charge is 0.234 e. The Morgan fingerprint density at radius 2 is 1.93 bits per heavy atom. The number of halogens is 1. The molecule has 1 aliphatic heterocycles. The van der Waals surface area contributed by atoms with Crippen LogP contribution in [0.1, 0.15) is 31.4 Å². The van der Waals surface area contributed by atoms with Gasteiger partial charge in [-0.15, -0.1) is 0 Å². The Morgan fingerprint density at radius 3 is 2.52 bits per heavy atom. The molecular formula is C21H32FN5O2. The Hall–Kier alpha value is -2.19. The van der Waals surface area contributed by atoms with E-state index in [1.807, 2.05) is 6.92 Å². The Bertz CT molecular complexity index is 685. The number of nitrogens with zero attached hydrogens (tertiary/aromatic N) is 3. The molecule has 1 amide bonds. The third kappa shape index (κ3) is 6.68. The minimum absolute atomic E-state index is 0.128. The highest BCUT2D eigenvalue weighted by Gasteiger charge is 2.26. The first-order chi connectivity index (χ1) is 14.1. The number of carbonyl (C=O) groups is 1. The van der Waals surface area contributed by atoms with Gasteiger partial charge in [-0.25, -0.2) is 4.39 Å². The van der Waals surface area contributed by atoms with Gasteiger partial charge in [0.1, 0.15) is 11.9 Å². The Balaban J connectivity index is 1.53. The molecule has 1 saturated heterocycles. The maximum atomic E-state index is 13.2. The molecule has 2 N–H and O–H groups in total. The number of ether oxygens (including phenoxy) is 1. The average molecular weight is 406 g/mol. The fraction of sp³-hybridized carbons (Fsp3) is 0.619. The molecule has 1 unspecified atom stereocenters. The summed E-state index contributed by atoms with van der Waals surface area (Å²) in [6, 6.07) is 6.75. The summed E-state index contributed by atoms with van der Waals surface area (Å²) in [4.78, 5) is 21.2. The first-order valence-corrected chi connectivity index (χ1v) is 10.4. The number of hydrogen-bond donors (Lipinski definition) is 2. The van der Waals surface area contributed by atoms with Crippen LogP contribution in [-0.2, 0) is 9.53 Å². The van der Waals surface area contributed by atoms with E-state index in [9.17, 15) is 9.18 Å². The molecule has 2 aliphatic rings. The molecule has 1 saturated carbocycles. The number of amides is 1. The van der Waals surface area contributed by atoms with Crippen LogP contribution in [0.15, 0.2) is 29.3 Å². The van der Waals surface area contributed by atoms with Crippen LogP contribution in [0.25, 0.3) is 0 Å². The van der Waals surface area contributed by atoms with E-state index in [2.05, 4.69) is 20.4 Å². The van der Waals surface area contributed by atoms with Gasteiger partial charge in [0.25, 0.3) is 0 Å². The lowest BCUT2D eigenvalue weighted by molar-refractivity contribution is -0.122. The van der Waals surface area contributed by atoms with Gasteiger partial charge in [-0.05, 0) is 37.5 Å². The summed E-state index contributed by atoms with van der Waals surface area (Å²) in [7, 11) is 1.64. The van der Waals surface area contributed by atoms with Gasteiger partial charge in [-0.2, -0.15) is 0 Å². The van der Waals surface area contributed by atoms with E-state index in [4.69, 9.17) is 9.73 Å². The topological polar surface area (TPSA) is 69.2 Å². The van der Waals surface area contributed by atoms with E-state index >= 15 is 0 Å². The predicted octanol–water partition coefficient (Wildman–Crippen LogP) is 1.37. The van der Waals surface area contributed by atoms with Gasteiger partial charge in [0, 0.05) is 45.9 Å². The lowest BCUT2D eigenvalue weighted by Crippen LogP contribution is -2.54. The monoisotopic (exact) mass is 405 g/mol.